The summed E-state index contributed by atoms with van der Waals surface area (Å²) in [7, 11) is 1.80. The first-order valence-electron chi connectivity index (χ1n) is 8.84. The minimum absolute atomic E-state index is 0.0645. The van der Waals surface area contributed by atoms with Crippen molar-refractivity contribution in [2.24, 2.45) is 18.4 Å². The van der Waals surface area contributed by atoms with Crippen molar-refractivity contribution in [2.75, 3.05) is 5.75 Å². The third-order valence-electron chi connectivity index (χ3n) is 5.38. The Morgan fingerprint density at radius 2 is 2.08 bits per heavy atom. The second kappa shape index (κ2) is 5.84. The van der Waals surface area contributed by atoms with Gasteiger partial charge in [0.15, 0.2) is 5.16 Å². The Morgan fingerprint density at radius 3 is 2.76 bits per heavy atom. The van der Waals surface area contributed by atoms with E-state index in [0.29, 0.717) is 17.1 Å². The summed E-state index contributed by atoms with van der Waals surface area (Å²) in [5, 5.41) is 10.4. The molecule has 3 aromatic rings. The molecule has 0 saturated heterocycles. The lowest BCUT2D eigenvalue weighted by Gasteiger charge is -2.33. The number of thioether (sulfide) groups is 1. The van der Waals surface area contributed by atoms with Gasteiger partial charge in [-0.1, -0.05) is 39.5 Å². The number of rotatable bonds is 2. The van der Waals surface area contributed by atoms with Crippen molar-refractivity contribution in [3.63, 3.8) is 0 Å². The van der Waals surface area contributed by atoms with Crippen LogP contribution in [0.5, 0.6) is 0 Å². The minimum atomic E-state index is 0.0645. The molecule has 0 unspecified atom stereocenters. The van der Waals surface area contributed by atoms with Gasteiger partial charge < -0.3 is 0 Å². The fourth-order valence-electron chi connectivity index (χ4n) is 3.83. The van der Waals surface area contributed by atoms with Crippen LogP contribution in [0.1, 0.15) is 44.6 Å². The van der Waals surface area contributed by atoms with Gasteiger partial charge in [-0.15, -0.1) is 21.5 Å². The summed E-state index contributed by atoms with van der Waals surface area (Å²) in [5.74, 6) is 2.24. The van der Waals surface area contributed by atoms with Crippen molar-refractivity contribution in [3.8, 4) is 0 Å². The van der Waals surface area contributed by atoms with Crippen molar-refractivity contribution >= 4 is 39.1 Å². The molecule has 0 aromatic carbocycles. The molecule has 0 amide bonds. The van der Waals surface area contributed by atoms with Gasteiger partial charge in [0, 0.05) is 11.9 Å². The molecule has 3 aromatic heterocycles. The SMILES string of the molecule is CCSc1nnc2n(C)c(=O)c3c4c(sc3n12)C[C@@H](C(C)(C)C)CC4. The smallest absolute Gasteiger partial charge is 0.263 e. The molecule has 0 spiro atoms. The normalized spacial score (nSPS) is 18.2. The Kier molecular flexibility index (Phi) is 3.99. The van der Waals surface area contributed by atoms with Crippen LogP contribution < -0.4 is 5.56 Å². The maximum atomic E-state index is 13.0. The van der Waals surface area contributed by atoms with Gasteiger partial charge in [-0.05, 0) is 41.9 Å². The van der Waals surface area contributed by atoms with Crippen LogP contribution in [0.15, 0.2) is 9.95 Å². The van der Waals surface area contributed by atoms with E-state index in [1.807, 2.05) is 0 Å². The molecule has 25 heavy (non-hydrogen) atoms. The molecule has 5 nitrogen and oxygen atoms in total. The molecule has 1 atom stereocenters. The Morgan fingerprint density at radius 1 is 1.32 bits per heavy atom. The first-order valence-corrected chi connectivity index (χ1v) is 10.6. The van der Waals surface area contributed by atoms with Gasteiger partial charge in [-0.25, -0.2) is 4.40 Å². The van der Waals surface area contributed by atoms with Crippen molar-refractivity contribution in [3.05, 3.63) is 20.8 Å². The quantitative estimate of drug-likeness (QED) is 0.637. The van der Waals surface area contributed by atoms with E-state index in [9.17, 15) is 4.79 Å². The molecule has 0 bridgehead atoms. The zero-order valence-electron chi connectivity index (χ0n) is 15.4. The van der Waals surface area contributed by atoms with Crippen LogP contribution in [-0.4, -0.2) is 24.9 Å². The molecule has 0 fully saturated rings. The van der Waals surface area contributed by atoms with E-state index in [2.05, 4.69) is 42.3 Å². The van der Waals surface area contributed by atoms with Crippen LogP contribution in [0.25, 0.3) is 16.0 Å². The lowest BCUT2D eigenvalue weighted by Crippen LogP contribution is -2.27. The van der Waals surface area contributed by atoms with Crippen LogP contribution >= 0.6 is 23.1 Å². The second-order valence-electron chi connectivity index (χ2n) is 7.90. The molecule has 7 heteroatoms. The number of aromatic nitrogens is 4. The minimum Gasteiger partial charge on any atom is -0.279 e. The highest BCUT2D eigenvalue weighted by molar-refractivity contribution is 7.99. The van der Waals surface area contributed by atoms with Crippen LogP contribution in [-0.2, 0) is 19.9 Å². The van der Waals surface area contributed by atoms with Crippen molar-refractivity contribution in [2.45, 2.75) is 52.1 Å². The highest BCUT2D eigenvalue weighted by Crippen LogP contribution is 2.42. The zero-order valence-corrected chi connectivity index (χ0v) is 17.1. The number of thiophene rings is 1. The molecule has 1 aliphatic rings. The maximum Gasteiger partial charge on any atom is 0.263 e. The molecule has 3 heterocycles. The van der Waals surface area contributed by atoms with Crippen molar-refractivity contribution < 1.29 is 0 Å². The van der Waals surface area contributed by atoms with E-state index in [0.717, 1.165) is 40.4 Å². The van der Waals surface area contributed by atoms with Gasteiger partial charge >= 0.3 is 0 Å². The fraction of sp³-hybridized carbons (Fsp3) is 0.611. The average molecular weight is 377 g/mol. The van der Waals surface area contributed by atoms with Gasteiger partial charge in [0.2, 0.25) is 5.78 Å². The van der Waals surface area contributed by atoms with E-state index in [1.54, 1.807) is 34.7 Å². The molecule has 0 aliphatic heterocycles. The molecule has 134 valence electrons. The van der Waals surface area contributed by atoms with Gasteiger partial charge in [-0.3, -0.25) is 9.36 Å². The predicted molar refractivity (Wildman–Crippen MR) is 105 cm³/mol. The summed E-state index contributed by atoms with van der Waals surface area (Å²) in [5.41, 5.74) is 1.63. The first kappa shape index (κ1) is 17.1. The van der Waals surface area contributed by atoms with Crippen LogP contribution in [0.3, 0.4) is 0 Å². The summed E-state index contributed by atoms with van der Waals surface area (Å²) in [6, 6.07) is 0. The number of fused-ring (bicyclic) bond motifs is 5. The van der Waals surface area contributed by atoms with Crippen molar-refractivity contribution in [1.82, 2.24) is 19.2 Å². The number of aryl methyl sites for hydroxylation is 2. The molecule has 1 aliphatic carbocycles. The zero-order chi connectivity index (χ0) is 17.9. The Bertz CT molecular complexity index is 1020. The molecular weight excluding hydrogens is 352 g/mol. The number of hydrogen-bond acceptors (Lipinski definition) is 5. The van der Waals surface area contributed by atoms with Crippen LogP contribution in [0.4, 0.5) is 0 Å². The van der Waals surface area contributed by atoms with E-state index in [-0.39, 0.29) is 5.56 Å². The third-order valence-corrected chi connectivity index (χ3v) is 7.43. The van der Waals surface area contributed by atoms with E-state index < -0.39 is 0 Å². The summed E-state index contributed by atoms with van der Waals surface area (Å²) >= 11 is 3.45. The second-order valence-corrected chi connectivity index (χ2v) is 10.2. The summed E-state index contributed by atoms with van der Waals surface area (Å²) in [6.07, 6.45) is 3.22. The summed E-state index contributed by atoms with van der Waals surface area (Å²) < 4.78 is 3.73. The number of nitrogens with zero attached hydrogens (tertiary/aromatic N) is 4. The largest absolute Gasteiger partial charge is 0.279 e. The highest BCUT2D eigenvalue weighted by Gasteiger charge is 2.32. The molecular formula is C18H24N4OS2. The molecule has 0 N–H and O–H groups in total. The number of hydrogen-bond donors (Lipinski definition) is 0. The lowest BCUT2D eigenvalue weighted by atomic mass is 9.72. The molecule has 0 saturated carbocycles. The molecule has 4 rings (SSSR count). The Labute approximate surface area is 155 Å². The van der Waals surface area contributed by atoms with Gasteiger partial charge in [0.1, 0.15) is 4.83 Å². The van der Waals surface area contributed by atoms with E-state index in [1.165, 1.54) is 10.4 Å². The van der Waals surface area contributed by atoms with E-state index >= 15 is 0 Å². The lowest BCUT2D eigenvalue weighted by molar-refractivity contribution is 0.218. The van der Waals surface area contributed by atoms with Gasteiger partial charge in [-0.2, -0.15) is 0 Å². The monoisotopic (exact) mass is 376 g/mol. The molecule has 0 radical (unpaired) electrons. The summed E-state index contributed by atoms with van der Waals surface area (Å²) in [4.78, 5) is 15.4. The van der Waals surface area contributed by atoms with Crippen LogP contribution in [0.2, 0.25) is 0 Å². The fourth-order valence-corrected chi connectivity index (χ4v) is 5.96. The standard InChI is InChI=1S/C18H24N4OS2/c1-6-24-17-20-19-16-21(5)14(23)13-11-8-7-10(18(2,3)4)9-12(11)25-15(13)22(16)17/h10H,6-9H2,1-5H3/t10-/m0/s1. The van der Waals surface area contributed by atoms with E-state index in [4.69, 9.17) is 0 Å². The summed E-state index contributed by atoms with van der Waals surface area (Å²) in [6.45, 7) is 9.08. The maximum absolute atomic E-state index is 13.0. The first-order chi connectivity index (χ1) is 11.8. The Balaban J connectivity index is 2.01. The Hall–Kier alpha value is -1.34. The third kappa shape index (κ3) is 2.54. The topological polar surface area (TPSA) is 52.2 Å². The van der Waals surface area contributed by atoms with Gasteiger partial charge in [0.05, 0.1) is 5.39 Å². The van der Waals surface area contributed by atoms with Crippen molar-refractivity contribution in [1.29, 1.82) is 0 Å². The predicted octanol–water partition coefficient (Wildman–Crippen LogP) is 3.91. The average Bonchev–Trinajstić information content (AvgIpc) is 3.12. The highest BCUT2D eigenvalue weighted by atomic mass is 32.2. The van der Waals surface area contributed by atoms with Gasteiger partial charge in [0.25, 0.3) is 5.56 Å². The van der Waals surface area contributed by atoms with Crippen LogP contribution in [0, 0.1) is 11.3 Å².